The van der Waals surface area contributed by atoms with Gasteiger partial charge in [-0.3, -0.25) is 0 Å². The molecular formula is C15H29NO. The Morgan fingerprint density at radius 3 is 2.47 bits per heavy atom. The zero-order valence-electron chi connectivity index (χ0n) is 11.6. The zero-order chi connectivity index (χ0) is 12.1. The van der Waals surface area contributed by atoms with Gasteiger partial charge in [0, 0.05) is 12.6 Å². The Kier molecular flexibility index (Phi) is 4.87. The summed E-state index contributed by atoms with van der Waals surface area (Å²) in [5.74, 6) is 0.954. The molecule has 1 aliphatic carbocycles. The molecule has 1 saturated heterocycles. The molecule has 1 N–H and O–H groups in total. The average Bonchev–Trinajstić information content (AvgIpc) is 2.90. The van der Waals surface area contributed by atoms with Gasteiger partial charge in [-0.1, -0.05) is 26.7 Å². The molecule has 0 bridgehead atoms. The molecule has 0 radical (unpaired) electrons. The fraction of sp³-hybridized carbons (Fsp3) is 1.00. The van der Waals surface area contributed by atoms with Crippen LogP contribution in [0.15, 0.2) is 0 Å². The first-order chi connectivity index (χ1) is 8.28. The summed E-state index contributed by atoms with van der Waals surface area (Å²) in [7, 11) is 0. The van der Waals surface area contributed by atoms with Crippen molar-refractivity contribution in [1.29, 1.82) is 0 Å². The molecule has 1 saturated carbocycles. The van der Waals surface area contributed by atoms with Gasteiger partial charge in [-0.25, -0.2) is 0 Å². The van der Waals surface area contributed by atoms with Gasteiger partial charge in [0.1, 0.15) is 0 Å². The van der Waals surface area contributed by atoms with Crippen molar-refractivity contribution in [2.24, 2.45) is 5.92 Å². The van der Waals surface area contributed by atoms with Crippen LogP contribution in [0.25, 0.3) is 0 Å². The normalized spacial score (nSPS) is 29.6. The summed E-state index contributed by atoms with van der Waals surface area (Å²) in [5.41, 5.74) is 0.172. The number of rotatable bonds is 5. The van der Waals surface area contributed by atoms with E-state index in [4.69, 9.17) is 4.74 Å². The molecule has 0 aromatic rings. The quantitative estimate of drug-likeness (QED) is 0.793. The van der Waals surface area contributed by atoms with Crippen molar-refractivity contribution in [3.05, 3.63) is 0 Å². The maximum absolute atomic E-state index is 6.03. The lowest BCUT2D eigenvalue weighted by atomic mass is 9.85. The lowest BCUT2D eigenvalue weighted by Gasteiger charge is -2.40. The number of hydrogen-bond donors (Lipinski definition) is 1. The van der Waals surface area contributed by atoms with Crippen molar-refractivity contribution in [3.8, 4) is 0 Å². The van der Waals surface area contributed by atoms with Crippen LogP contribution in [0.1, 0.15) is 65.2 Å². The first-order valence-corrected chi connectivity index (χ1v) is 7.65. The van der Waals surface area contributed by atoms with Crippen molar-refractivity contribution in [2.45, 2.75) is 76.9 Å². The monoisotopic (exact) mass is 239 g/mol. The molecule has 2 fully saturated rings. The molecule has 0 spiro atoms. The van der Waals surface area contributed by atoms with Gasteiger partial charge in [-0.15, -0.1) is 0 Å². The molecule has 2 aliphatic rings. The van der Waals surface area contributed by atoms with Crippen LogP contribution in [0, 0.1) is 5.92 Å². The van der Waals surface area contributed by atoms with Crippen molar-refractivity contribution < 1.29 is 4.74 Å². The number of nitrogens with one attached hydrogen (secondary N) is 1. The molecule has 1 unspecified atom stereocenters. The van der Waals surface area contributed by atoms with Crippen molar-refractivity contribution in [2.75, 3.05) is 13.2 Å². The zero-order valence-corrected chi connectivity index (χ0v) is 11.6. The minimum Gasteiger partial charge on any atom is -0.375 e. The summed E-state index contributed by atoms with van der Waals surface area (Å²) in [6.07, 6.45) is 10.5. The molecule has 1 heterocycles. The largest absolute Gasteiger partial charge is 0.375 e. The second-order valence-corrected chi connectivity index (χ2v) is 5.99. The highest BCUT2D eigenvalue weighted by Crippen LogP contribution is 2.32. The SMILES string of the molecule is CCC1(CC)CC(NCC2CCCC2)CCO1. The molecule has 100 valence electrons. The smallest absolute Gasteiger partial charge is 0.0692 e. The summed E-state index contributed by atoms with van der Waals surface area (Å²) >= 11 is 0. The standard InChI is InChI=1S/C15H29NO/c1-3-15(4-2)11-14(9-10-17-15)16-12-13-7-5-6-8-13/h13-14,16H,3-12H2,1-2H3. The maximum atomic E-state index is 6.03. The second-order valence-electron chi connectivity index (χ2n) is 5.99. The minimum absolute atomic E-state index is 0.172. The van der Waals surface area contributed by atoms with Gasteiger partial charge in [-0.2, -0.15) is 0 Å². The fourth-order valence-electron chi connectivity index (χ4n) is 3.49. The van der Waals surface area contributed by atoms with E-state index in [-0.39, 0.29) is 5.60 Å². The Morgan fingerprint density at radius 1 is 1.12 bits per heavy atom. The predicted molar refractivity (Wildman–Crippen MR) is 72.2 cm³/mol. The van der Waals surface area contributed by atoms with Crippen molar-refractivity contribution in [3.63, 3.8) is 0 Å². The van der Waals surface area contributed by atoms with Crippen LogP contribution in [0.2, 0.25) is 0 Å². The summed E-state index contributed by atoms with van der Waals surface area (Å²) in [4.78, 5) is 0. The molecule has 0 aromatic heterocycles. The minimum atomic E-state index is 0.172. The molecule has 1 atom stereocenters. The van der Waals surface area contributed by atoms with Crippen LogP contribution in [-0.2, 0) is 4.74 Å². The van der Waals surface area contributed by atoms with Crippen molar-refractivity contribution >= 4 is 0 Å². The molecule has 0 amide bonds. The lowest BCUT2D eigenvalue weighted by Crippen LogP contribution is -2.47. The second kappa shape index (κ2) is 6.19. The van der Waals surface area contributed by atoms with E-state index in [1.54, 1.807) is 0 Å². The van der Waals surface area contributed by atoms with E-state index in [0.717, 1.165) is 25.4 Å². The van der Waals surface area contributed by atoms with Gasteiger partial charge in [0.25, 0.3) is 0 Å². The van der Waals surface area contributed by atoms with Crippen LogP contribution < -0.4 is 5.32 Å². The van der Waals surface area contributed by atoms with Crippen LogP contribution in [0.3, 0.4) is 0 Å². The van der Waals surface area contributed by atoms with Crippen LogP contribution in [0.4, 0.5) is 0 Å². The fourth-order valence-corrected chi connectivity index (χ4v) is 3.49. The molecular weight excluding hydrogens is 210 g/mol. The third-order valence-electron chi connectivity index (χ3n) is 4.95. The highest BCUT2D eigenvalue weighted by atomic mass is 16.5. The maximum Gasteiger partial charge on any atom is 0.0692 e. The molecule has 1 aliphatic heterocycles. The topological polar surface area (TPSA) is 21.3 Å². The van der Waals surface area contributed by atoms with E-state index in [1.807, 2.05) is 0 Å². The highest BCUT2D eigenvalue weighted by Gasteiger charge is 2.34. The van der Waals surface area contributed by atoms with E-state index < -0.39 is 0 Å². The Bertz CT molecular complexity index is 219. The van der Waals surface area contributed by atoms with E-state index >= 15 is 0 Å². The van der Waals surface area contributed by atoms with E-state index in [2.05, 4.69) is 19.2 Å². The third kappa shape index (κ3) is 3.45. The molecule has 2 heteroatoms. The summed E-state index contributed by atoms with van der Waals surface area (Å²) in [6.45, 7) is 6.73. The summed E-state index contributed by atoms with van der Waals surface area (Å²) < 4.78 is 6.03. The molecule has 0 aromatic carbocycles. The summed E-state index contributed by atoms with van der Waals surface area (Å²) in [6, 6.07) is 0.698. The summed E-state index contributed by atoms with van der Waals surface area (Å²) in [5, 5.41) is 3.81. The Balaban J connectivity index is 1.76. The van der Waals surface area contributed by atoms with E-state index in [9.17, 15) is 0 Å². The molecule has 17 heavy (non-hydrogen) atoms. The van der Waals surface area contributed by atoms with Crippen LogP contribution in [0.5, 0.6) is 0 Å². The van der Waals surface area contributed by atoms with E-state index in [0.29, 0.717) is 6.04 Å². The number of hydrogen-bond acceptors (Lipinski definition) is 2. The van der Waals surface area contributed by atoms with E-state index in [1.165, 1.54) is 45.1 Å². The van der Waals surface area contributed by atoms with Crippen LogP contribution >= 0.6 is 0 Å². The van der Waals surface area contributed by atoms with Crippen LogP contribution in [-0.4, -0.2) is 24.8 Å². The third-order valence-corrected chi connectivity index (χ3v) is 4.95. The molecule has 2 rings (SSSR count). The van der Waals surface area contributed by atoms with Gasteiger partial charge in [-0.05, 0) is 51.0 Å². The average molecular weight is 239 g/mol. The van der Waals surface area contributed by atoms with Gasteiger partial charge in [0.05, 0.1) is 5.60 Å². The Hall–Kier alpha value is -0.0800. The van der Waals surface area contributed by atoms with Gasteiger partial charge >= 0.3 is 0 Å². The van der Waals surface area contributed by atoms with Crippen molar-refractivity contribution in [1.82, 2.24) is 5.32 Å². The predicted octanol–water partition coefficient (Wildman–Crippen LogP) is 3.50. The molecule has 2 nitrogen and oxygen atoms in total. The lowest BCUT2D eigenvalue weighted by molar-refractivity contribution is -0.0932. The first-order valence-electron chi connectivity index (χ1n) is 7.65. The van der Waals surface area contributed by atoms with Gasteiger partial charge < -0.3 is 10.1 Å². The highest BCUT2D eigenvalue weighted by molar-refractivity contribution is 4.88. The number of ether oxygens (including phenoxy) is 1. The van der Waals surface area contributed by atoms with Gasteiger partial charge in [0.2, 0.25) is 0 Å². The van der Waals surface area contributed by atoms with Gasteiger partial charge in [0.15, 0.2) is 0 Å². The Morgan fingerprint density at radius 2 is 1.82 bits per heavy atom. The Labute approximate surface area is 107 Å². The first kappa shape index (κ1) is 13.4.